The Morgan fingerprint density at radius 3 is 2.14 bits per heavy atom. The summed E-state index contributed by atoms with van der Waals surface area (Å²) in [7, 11) is 0. The molecule has 2 aromatic carbocycles. The molecule has 2 heteroatoms. The van der Waals surface area contributed by atoms with Crippen molar-refractivity contribution < 1.29 is 0 Å². The van der Waals surface area contributed by atoms with Crippen LogP contribution in [0.1, 0.15) is 73.6 Å². The molecule has 2 aromatic rings. The number of rotatable bonds is 7. The summed E-state index contributed by atoms with van der Waals surface area (Å²) in [6, 6.07) is 13.0. The Hall–Kier alpha value is -1.73. The molecule has 0 atom stereocenters. The van der Waals surface area contributed by atoms with Gasteiger partial charge in [-0.1, -0.05) is 87.2 Å². The fourth-order valence-corrected chi connectivity index (χ4v) is 5.51. The molecule has 0 amide bonds. The smallest absolute Gasteiger partial charge is 0.0447 e. The van der Waals surface area contributed by atoms with Gasteiger partial charge in [-0.3, -0.25) is 0 Å². The second-order valence-corrected chi connectivity index (χ2v) is 9.68. The van der Waals surface area contributed by atoms with Crippen molar-refractivity contribution in [2.45, 2.75) is 71.1 Å². The van der Waals surface area contributed by atoms with Gasteiger partial charge >= 0.3 is 0 Å². The summed E-state index contributed by atoms with van der Waals surface area (Å²) < 4.78 is 0. The van der Waals surface area contributed by atoms with Crippen LogP contribution in [0.15, 0.2) is 43.0 Å². The highest BCUT2D eigenvalue weighted by molar-refractivity contribution is 6.31. The van der Waals surface area contributed by atoms with Crippen LogP contribution in [0.25, 0.3) is 5.70 Å². The Labute approximate surface area is 181 Å². The molecule has 29 heavy (non-hydrogen) atoms. The van der Waals surface area contributed by atoms with Gasteiger partial charge in [0, 0.05) is 16.4 Å². The van der Waals surface area contributed by atoms with Gasteiger partial charge < -0.3 is 5.32 Å². The molecule has 0 unspecified atom stereocenters. The minimum absolute atomic E-state index is 0.814. The Morgan fingerprint density at radius 2 is 1.52 bits per heavy atom. The molecule has 4 rings (SSSR count). The zero-order chi connectivity index (χ0) is 20.2. The largest absolute Gasteiger partial charge is 0.356 e. The lowest BCUT2D eigenvalue weighted by atomic mass is 9.88. The van der Waals surface area contributed by atoms with E-state index >= 15 is 0 Å². The first-order chi connectivity index (χ1) is 14.1. The minimum Gasteiger partial charge on any atom is -0.356 e. The van der Waals surface area contributed by atoms with Gasteiger partial charge in [0.25, 0.3) is 0 Å². The minimum atomic E-state index is 0.814. The monoisotopic (exact) mass is 407 g/mol. The summed E-state index contributed by atoms with van der Waals surface area (Å²) in [6.45, 7) is 6.43. The molecular formula is C27H34ClN. The Morgan fingerprint density at radius 1 is 0.931 bits per heavy atom. The van der Waals surface area contributed by atoms with Crippen LogP contribution in [0.2, 0.25) is 5.02 Å². The van der Waals surface area contributed by atoms with E-state index in [9.17, 15) is 0 Å². The van der Waals surface area contributed by atoms with E-state index in [1.54, 1.807) is 0 Å². The first-order valence-electron chi connectivity index (χ1n) is 11.4. The molecule has 154 valence electrons. The van der Waals surface area contributed by atoms with E-state index in [1.807, 2.05) is 0 Å². The van der Waals surface area contributed by atoms with Gasteiger partial charge in [-0.05, 0) is 72.6 Å². The van der Waals surface area contributed by atoms with Crippen LogP contribution in [-0.2, 0) is 12.8 Å². The molecule has 0 aromatic heterocycles. The Balaban J connectivity index is 1.58. The first kappa shape index (κ1) is 20.5. The van der Waals surface area contributed by atoms with Crippen molar-refractivity contribution in [3.63, 3.8) is 0 Å². The molecule has 2 saturated carbocycles. The molecule has 0 saturated heterocycles. The number of halogens is 1. The summed E-state index contributed by atoms with van der Waals surface area (Å²) in [5.41, 5.74) is 7.27. The van der Waals surface area contributed by atoms with Gasteiger partial charge in [0.1, 0.15) is 0 Å². The summed E-state index contributed by atoms with van der Waals surface area (Å²) in [4.78, 5) is 0. The van der Waals surface area contributed by atoms with Gasteiger partial charge in [0.15, 0.2) is 0 Å². The van der Waals surface area contributed by atoms with Crippen molar-refractivity contribution in [2.75, 3.05) is 5.32 Å². The number of aryl methyl sites for hydroxylation is 1. The van der Waals surface area contributed by atoms with Crippen molar-refractivity contribution in [2.24, 2.45) is 11.8 Å². The van der Waals surface area contributed by atoms with Crippen LogP contribution in [0.3, 0.4) is 0 Å². The number of anilines is 1. The van der Waals surface area contributed by atoms with Gasteiger partial charge in [0.2, 0.25) is 0 Å². The highest BCUT2D eigenvalue weighted by atomic mass is 35.5. The highest BCUT2D eigenvalue weighted by Gasteiger charge is 2.22. The summed E-state index contributed by atoms with van der Waals surface area (Å²) in [5.74, 6) is 1.64. The number of benzene rings is 2. The van der Waals surface area contributed by atoms with Gasteiger partial charge in [-0.2, -0.15) is 0 Å². The van der Waals surface area contributed by atoms with E-state index in [2.05, 4.69) is 55.2 Å². The zero-order valence-corrected chi connectivity index (χ0v) is 18.5. The van der Waals surface area contributed by atoms with Gasteiger partial charge in [-0.15, -0.1) is 0 Å². The van der Waals surface area contributed by atoms with Crippen molar-refractivity contribution in [3.8, 4) is 0 Å². The Bertz CT molecular complexity index is 840. The molecule has 0 aliphatic heterocycles. The van der Waals surface area contributed by atoms with E-state index in [0.717, 1.165) is 40.2 Å². The summed E-state index contributed by atoms with van der Waals surface area (Å²) >= 11 is 6.90. The van der Waals surface area contributed by atoms with Gasteiger partial charge in [-0.25, -0.2) is 0 Å². The van der Waals surface area contributed by atoms with Crippen LogP contribution in [0, 0.1) is 18.8 Å². The maximum atomic E-state index is 6.90. The molecule has 2 fully saturated rings. The lowest BCUT2D eigenvalue weighted by molar-refractivity contribution is 0.524. The third-order valence-corrected chi connectivity index (χ3v) is 7.27. The van der Waals surface area contributed by atoms with Gasteiger partial charge in [0.05, 0.1) is 0 Å². The zero-order valence-electron chi connectivity index (χ0n) is 17.8. The molecule has 1 N–H and O–H groups in total. The van der Waals surface area contributed by atoms with E-state index < -0.39 is 0 Å². The second kappa shape index (κ2) is 9.39. The highest BCUT2D eigenvalue weighted by Crippen LogP contribution is 2.36. The fraction of sp³-hybridized carbons (Fsp3) is 0.481. The van der Waals surface area contributed by atoms with E-state index in [-0.39, 0.29) is 0 Å². The molecule has 0 spiro atoms. The van der Waals surface area contributed by atoms with Crippen LogP contribution >= 0.6 is 11.6 Å². The molecule has 2 aliphatic carbocycles. The van der Waals surface area contributed by atoms with Crippen molar-refractivity contribution in [3.05, 3.63) is 70.3 Å². The maximum Gasteiger partial charge on any atom is 0.0447 e. The van der Waals surface area contributed by atoms with E-state index in [4.69, 9.17) is 11.6 Å². The topological polar surface area (TPSA) is 12.0 Å². The fourth-order valence-electron chi connectivity index (χ4n) is 5.19. The third-order valence-electron chi connectivity index (χ3n) is 6.93. The molecular weight excluding hydrogens is 374 g/mol. The molecule has 1 nitrogen and oxygen atoms in total. The quantitative estimate of drug-likeness (QED) is 0.487. The third kappa shape index (κ3) is 5.25. The molecule has 0 heterocycles. The van der Waals surface area contributed by atoms with Crippen molar-refractivity contribution in [1.29, 1.82) is 0 Å². The maximum absolute atomic E-state index is 6.90. The average Bonchev–Trinajstić information content (AvgIpc) is 3.40. The number of nitrogens with one attached hydrogen (secondary N) is 1. The molecule has 0 bridgehead atoms. The Kier molecular flexibility index (Phi) is 6.65. The van der Waals surface area contributed by atoms with Crippen LogP contribution < -0.4 is 5.32 Å². The van der Waals surface area contributed by atoms with Crippen LogP contribution in [0.4, 0.5) is 5.69 Å². The average molecular weight is 408 g/mol. The van der Waals surface area contributed by atoms with Crippen LogP contribution in [0.5, 0.6) is 0 Å². The summed E-state index contributed by atoms with van der Waals surface area (Å²) in [5, 5.41) is 4.41. The standard InChI is InChI=1S/C27H34ClN/c1-19-11-13-25(14-12-19)29-20(2)23-17-24(15-21-7-3-4-8-21)26(27(28)18-23)16-22-9-5-6-10-22/h11-14,17-18,21-22,29H,2-10,15-16H2,1H3. The number of hydrogen-bond donors (Lipinski definition) is 1. The number of hydrogen-bond acceptors (Lipinski definition) is 1. The predicted octanol–water partition coefficient (Wildman–Crippen LogP) is 8.20. The predicted molar refractivity (Wildman–Crippen MR) is 127 cm³/mol. The van der Waals surface area contributed by atoms with E-state index in [1.165, 1.54) is 74.5 Å². The van der Waals surface area contributed by atoms with Crippen molar-refractivity contribution >= 4 is 23.0 Å². The molecule has 0 radical (unpaired) electrons. The molecule has 2 aliphatic rings. The van der Waals surface area contributed by atoms with Crippen molar-refractivity contribution in [1.82, 2.24) is 0 Å². The lowest BCUT2D eigenvalue weighted by Crippen LogP contribution is -2.09. The summed E-state index contributed by atoms with van der Waals surface area (Å²) in [6.07, 6.45) is 13.3. The lowest BCUT2D eigenvalue weighted by Gasteiger charge is -2.20. The van der Waals surface area contributed by atoms with E-state index in [0.29, 0.717) is 0 Å². The van der Waals surface area contributed by atoms with Crippen LogP contribution in [-0.4, -0.2) is 0 Å². The first-order valence-corrected chi connectivity index (χ1v) is 11.8. The SMILES string of the molecule is C=C(Nc1ccc(C)cc1)c1cc(Cl)c(CC2CCCC2)c(CC2CCCC2)c1. The second-order valence-electron chi connectivity index (χ2n) is 9.27. The normalized spacial score (nSPS) is 17.7.